The normalized spacial score (nSPS) is 13.1. The topological polar surface area (TPSA) is 46.9 Å². The maximum Gasteiger partial charge on any atom is 0.247 e. The van der Waals surface area contributed by atoms with Gasteiger partial charge >= 0.3 is 0 Å². The molecule has 0 saturated carbocycles. The van der Waals surface area contributed by atoms with Crippen LogP contribution in [0.15, 0.2) is 84.9 Å². The quantitative estimate of drug-likeness (QED) is 0.470. The lowest BCUT2D eigenvalue weighted by Gasteiger charge is -2.24. The number of para-hydroxylation sites is 2. The molecule has 4 nitrogen and oxygen atoms in total. The lowest BCUT2D eigenvalue weighted by atomic mass is 10.0. The number of imidazole rings is 1. The van der Waals surface area contributed by atoms with Crippen LogP contribution in [0.2, 0.25) is 0 Å². The van der Waals surface area contributed by atoms with E-state index in [1.807, 2.05) is 79.7 Å². The van der Waals surface area contributed by atoms with Crippen molar-refractivity contribution in [3.05, 3.63) is 102 Å². The van der Waals surface area contributed by atoms with Gasteiger partial charge in [-0.3, -0.25) is 4.79 Å². The van der Waals surface area contributed by atoms with Crippen molar-refractivity contribution in [1.29, 1.82) is 0 Å². The van der Waals surface area contributed by atoms with E-state index in [0.29, 0.717) is 6.42 Å². The van der Waals surface area contributed by atoms with E-state index in [1.165, 1.54) is 5.56 Å². The Kier molecular flexibility index (Phi) is 5.94. The highest BCUT2D eigenvalue weighted by Gasteiger charge is 2.28. The second kappa shape index (κ2) is 8.95. The molecule has 0 saturated heterocycles. The molecular formula is C26H27N3O. The molecule has 0 spiro atoms. The number of fused-ring (bicyclic) bond motifs is 1. The van der Waals surface area contributed by atoms with Gasteiger partial charge in [-0.15, -0.1) is 0 Å². The largest absolute Gasteiger partial charge is 0.352 e. The van der Waals surface area contributed by atoms with Crippen LogP contribution < -0.4 is 5.32 Å². The minimum Gasteiger partial charge on any atom is -0.352 e. The van der Waals surface area contributed by atoms with E-state index in [9.17, 15) is 4.79 Å². The Balaban J connectivity index is 1.87. The number of amides is 1. The van der Waals surface area contributed by atoms with Crippen molar-refractivity contribution in [2.24, 2.45) is 0 Å². The maximum absolute atomic E-state index is 13.5. The van der Waals surface area contributed by atoms with E-state index in [2.05, 4.69) is 28.9 Å². The monoisotopic (exact) mass is 397 g/mol. The number of hydrogen-bond donors (Lipinski definition) is 1. The van der Waals surface area contributed by atoms with Gasteiger partial charge in [0.15, 0.2) is 0 Å². The maximum atomic E-state index is 13.5. The summed E-state index contributed by atoms with van der Waals surface area (Å²) in [6, 6.07) is 27.9. The van der Waals surface area contributed by atoms with E-state index < -0.39 is 6.04 Å². The van der Waals surface area contributed by atoms with E-state index in [4.69, 9.17) is 4.98 Å². The molecule has 0 aliphatic rings. The average molecular weight is 398 g/mol. The zero-order valence-corrected chi connectivity index (χ0v) is 17.5. The predicted octanol–water partition coefficient (Wildman–Crippen LogP) is 5.13. The predicted molar refractivity (Wildman–Crippen MR) is 121 cm³/mol. The lowest BCUT2D eigenvalue weighted by Crippen LogP contribution is -2.39. The summed E-state index contributed by atoms with van der Waals surface area (Å²) in [6.07, 6.45) is 1.55. The molecule has 3 aromatic carbocycles. The van der Waals surface area contributed by atoms with E-state index >= 15 is 0 Å². The Morgan fingerprint density at radius 1 is 0.933 bits per heavy atom. The first-order valence-electron chi connectivity index (χ1n) is 10.5. The summed E-state index contributed by atoms with van der Waals surface area (Å²) in [5.41, 5.74) is 4.00. The van der Waals surface area contributed by atoms with Gasteiger partial charge in [0.2, 0.25) is 5.91 Å². The molecule has 0 aliphatic heterocycles. The van der Waals surface area contributed by atoms with Gasteiger partial charge in [-0.2, -0.15) is 0 Å². The average Bonchev–Trinajstić information content (AvgIpc) is 3.13. The number of benzene rings is 3. The first-order chi connectivity index (χ1) is 14.7. The summed E-state index contributed by atoms with van der Waals surface area (Å²) in [4.78, 5) is 18.4. The molecule has 1 N–H and O–H groups in total. The molecule has 1 heterocycles. The molecule has 4 aromatic rings. The Morgan fingerprint density at radius 2 is 1.57 bits per heavy atom. The van der Waals surface area contributed by atoms with Crippen LogP contribution in [0.1, 0.15) is 43.3 Å². The van der Waals surface area contributed by atoms with Crippen LogP contribution in [0, 0.1) is 0 Å². The van der Waals surface area contributed by atoms with Crippen molar-refractivity contribution in [2.75, 3.05) is 0 Å². The molecule has 152 valence electrons. The van der Waals surface area contributed by atoms with Crippen LogP contribution in [0.3, 0.4) is 0 Å². The summed E-state index contributed by atoms with van der Waals surface area (Å²) in [7, 11) is 0. The van der Waals surface area contributed by atoms with Crippen LogP contribution in [0.4, 0.5) is 0 Å². The van der Waals surface area contributed by atoms with Gasteiger partial charge in [0, 0.05) is 12.5 Å². The SMILES string of the molecule is CC[C@H](C)NC(=O)[C@@H](c1ccccc1)n1c(Cc2ccccc2)nc2ccccc21. The Morgan fingerprint density at radius 3 is 2.27 bits per heavy atom. The number of rotatable bonds is 7. The molecular weight excluding hydrogens is 370 g/mol. The number of hydrogen-bond acceptors (Lipinski definition) is 2. The van der Waals surface area contributed by atoms with Crippen molar-refractivity contribution in [1.82, 2.24) is 14.9 Å². The number of carbonyl (C=O) groups is 1. The van der Waals surface area contributed by atoms with Crippen LogP contribution in [0.25, 0.3) is 11.0 Å². The standard InChI is InChI=1S/C26H27N3O/c1-3-19(2)27-26(30)25(21-14-8-5-9-15-21)29-23-17-11-10-16-22(23)28-24(29)18-20-12-6-4-7-13-20/h4-17,19,25H,3,18H2,1-2H3,(H,27,30)/t19-,25+/m0/s1. The first-order valence-corrected chi connectivity index (χ1v) is 10.5. The van der Waals surface area contributed by atoms with Crippen LogP contribution in [-0.4, -0.2) is 21.5 Å². The number of nitrogens with one attached hydrogen (secondary N) is 1. The van der Waals surface area contributed by atoms with Gasteiger partial charge in [0.1, 0.15) is 11.9 Å². The molecule has 0 radical (unpaired) electrons. The summed E-state index contributed by atoms with van der Waals surface area (Å²) in [5, 5.41) is 3.18. The van der Waals surface area contributed by atoms with Crippen LogP contribution in [0.5, 0.6) is 0 Å². The fourth-order valence-corrected chi connectivity index (χ4v) is 3.76. The summed E-state index contributed by atoms with van der Waals surface area (Å²) >= 11 is 0. The first kappa shape index (κ1) is 19.9. The third-order valence-corrected chi connectivity index (χ3v) is 5.50. The molecule has 0 aliphatic carbocycles. The van der Waals surface area contributed by atoms with Crippen molar-refractivity contribution < 1.29 is 4.79 Å². The summed E-state index contributed by atoms with van der Waals surface area (Å²) < 4.78 is 2.11. The summed E-state index contributed by atoms with van der Waals surface area (Å²) in [5.74, 6) is 0.878. The van der Waals surface area contributed by atoms with Crippen LogP contribution >= 0.6 is 0 Å². The third-order valence-electron chi connectivity index (χ3n) is 5.50. The smallest absolute Gasteiger partial charge is 0.247 e. The highest BCUT2D eigenvalue weighted by atomic mass is 16.2. The number of nitrogens with zero attached hydrogens (tertiary/aromatic N) is 2. The second-order valence-corrected chi connectivity index (χ2v) is 7.68. The van der Waals surface area contributed by atoms with Gasteiger partial charge in [-0.05, 0) is 36.6 Å². The molecule has 1 aromatic heterocycles. The fourth-order valence-electron chi connectivity index (χ4n) is 3.76. The highest BCUT2D eigenvalue weighted by Crippen LogP contribution is 2.28. The summed E-state index contributed by atoms with van der Waals surface area (Å²) in [6.45, 7) is 4.12. The molecule has 4 heteroatoms. The zero-order chi connectivity index (χ0) is 20.9. The second-order valence-electron chi connectivity index (χ2n) is 7.68. The Labute approximate surface area is 177 Å². The molecule has 4 rings (SSSR count). The molecule has 0 fully saturated rings. The third kappa shape index (κ3) is 4.13. The molecule has 1 amide bonds. The minimum absolute atomic E-state index is 0.00647. The molecule has 0 bridgehead atoms. The number of aromatic nitrogens is 2. The van der Waals surface area contributed by atoms with Crippen molar-refractivity contribution in [3.8, 4) is 0 Å². The number of carbonyl (C=O) groups excluding carboxylic acids is 1. The van der Waals surface area contributed by atoms with Crippen molar-refractivity contribution >= 4 is 16.9 Å². The van der Waals surface area contributed by atoms with E-state index in [-0.39, 0.29) is 11.9 Å². The van der Waals surface area contributed by atoms with E-state index in [1.54, 1.807) is 0 Å². The zero-order valence-electron chi connectivity index (χ0n) is 17.5. The lowest BCUT2D eigenvalue weighted by molar-refractivity contribution is -0.123. The molecule has 0 unspecified atom stereocenters. The van der Waals surface area contributed by atoms with Gasteiger partial charge in [-0.1, -0.05) is 79.7 Å². The Hall–Kier alpha value is -3.40. The minimum atomic E-state index is -0.480. The van der Waals surface area contributed by atoms with Gasteiger partial charge in [-0.25, -0.2) is 4.98 Å². The van der Waals surface area contributed by atoms with Crippen molar-refractivity contribution in [2.45, 2.75) is 38.8 Å². The van der Waals surface area contributed by atoms with E-state index in [0.717, 1.165) is 28.8 Å². The fraction of sp³-hybridized carbons (Fsp3) is 0.231. The highest BCUT2D eigenvalue weighted by molar-refractivity contribution is 5.87. The Bertz CT molecular complexity index is 1120. The van der Waals surface area contributed by atoms with Crippen LogP contribution in [-0.2, 0) is 11.2 Å². The molecule has 30 heavy (non-hydrogen) atoms. The van der Waals surface area contributed by atoms with Gasteiger partial charge in [0.25, 0.3) is 0 Å². The van der Waals surface area contributed by atoms with Crippen molar-refractivity contribution in [3.63, 3.8) is 0 Å². The van der Waals surface area contributed by atoms with Gasteiger partial charge in [0.05, 0.1) is 11.0 Å². The van der Waals surface area contributed by atoms with Gasteiger partial charge < -0.3 is 9.88 Å². The molecule has 2 atom stereocenters.